The van der Waals surface area contributed by atoms with Crippen LogP contribution in [0.4, 0.5) is 5.82 Å². The van der Waals surface area contributed by atoms with Crippen molar-refractivity contribution in [2.24, 2.45) is 0 Å². The molecule has 92 valence electrons. The molecule has 0 aliphatic carbocycles. The fourth-order valence-corrected chi connectivity index (χ4v) is 1.64. The van der Waals surface area contributed by atoms with Gasteiger partial charge in [0.25, 0.3) is 0 Å². The number of hydrogen-bond donors (Lipinski definition) is 2. The van der Waals surface area contributed by atoms with Crippen LogP contribution < -0.4 is 5.32 Å². The van der Waals surface area contributed by atoms with Crippen LogP contribution in [0.2, 0.25) is 0 Å². The smallest absolute Gasteiger partial charge is 0.312 e. The Morgan fingerprint density at radius 3 is 2.61 bits per heavy atom. The number of nitrogens with zero attached hydrogens (tertiary/aromatic N) is 2. The molecule has 1 aromatic heterocycles. The van der Waals surface area contributed by atoms with E-state index in [-0.39, 0.29) is 6.54 Å². The van der Waals surface area contributed by atoms with Crippen LogP contribution >= 0.6 is 0 Å². The lowest BCUT2D eigenvalue weighted by Gasteiger charge is -2.13. The first-order valence-electron chi connectivity index (χ1n) is 5.56. The maximum atomic E-state index is 11.2. The Bertz CT molecular complexity index is 502. The first kappa shape index (κ1) is 12.0. The Kier molecular flexibility index (Phi) is 3.86. The van der Waals surface area contributed by atoms with Gasteiger partial charge >= 0.3 is 5.97 Å². The number of benzene rings is 1. The molecule has 0 bridgehead atoms. The molecule has 2 N–H and O–H groups in total. The van der Waals surface area contributed by atoms with Gasteiger partial charge in [-0.3, -0.25) is 4.79 Å². The Hall–Kier alpha value is -2.43. The molecule has 0 fully saturated rings. The number of aliphatic carboxylic acids is 1. The molecule has 0 aliphatic rings. The number of rotatable bonds is 5. The van der Waals surface area contributed by atoms with Crippen LogP contribution in [-0.4, -0.2) is 27.8 Å². The SMILES string of the molecule is O=C(O)C(CNc1cccnn1)c1ccccc1. The first-order chi connectivity index (χ1) is 8.77. The standard InChI is InChI=1S/C13H13N3O2/c17-13(18)11(10-5-2-1-3-6-10)9-14-12-7-4-8-15-16-12/h1-8,11H,9H2,(H,14,16)(H,17,18). The lowest BCUT2D eigenvalue weighted by molar-refractivity contribution is -0.138. The van der Waals surface area contributed by atoms with E-state index in [1.165, 1.54) is 0 Å². The van der Waals surface area contributed by atoms with Crippen LogP contribution in [0, 0.1) is 0 Å². The summed E-state index contributed by atoms with van der Waals surface area (Å²) in [4.78, 5) is 11.2. The van der Waals surface area contributed by atoms with E-state index in [2.05, 4.69) is 15.5 Å². The van der Waals surface area contributed by atoms with E-state index in [0.717, 1.165) is 5.56 Å². The van der Waals surface area contributed by atoms with Crippen LogP contribution in [0.5, 0.6) is 0 Å². The normalized spacial score (nSPS) is 11.8. The van der Waals surface area contributed by atoms with Crippen LogP contribution in [0.1, 0.15) is 11.5 Å². The van der Waals surface area contributed by atoms with Crippen LogP contribution in [0.3, 0.4) is 0 Å². The molecule has 2 rings (SSSR count). The molecule has 0 saturated heterocycles. The van der Waals surface area contributed by atoms with Gasteiger partial charge < -0.3 is 10.4 Å². The monoisotopic (exact) mass is 243 g/mol. The molecule has 5 nitrogen and oxygen atoms in total. The predicted octanol–water partition coefficient (Wildman–Crippen LogP) is 1.76. The highest BCUT2D eigenvalue weighted by Crippen LogP contribution is 2.16. The highest BCUT2D eigenvalue weighted by atomic mass is 16.4. The molecular formula is C13H13N3O2. The van der Waals surface area contributed by atoms with E-state index in [1.54, 1.807) is 30.5 Å². The largest absolute Gasteiger partial charge is 0.481 e. The number of carboxylic acid groups (broad SMARTS) is 1. The average Bonchev–Trinajstić information content (AvgIpc) is 2.41. The second kappa shape index (κ2) is 5.77. The van der Waals surface area contributed by atoms with Crippen molar-refractivity contribution in [2.75, 3.05) is 11.9 Å². The lowest BCUT2D eigenvalue weighted by atomic mass is 9.99. The Morgan fingerprint density at radius 2 is 2.00 bits per heavy atom. The summed E-state index contributed by atoms with van der Waals surface area (Å²) in [6.45, 7) is 0.276. The molecule has 1 heterocycles. The molecule has 1 aromatic carbocycles. The maximum Gasteiger partial charge on any atom is 0.312 e. The molecule has 1 unspecified atom stereocenters. The quantitative estimate of drug-likeness (QED) is 0.836. The van der Waals surface area contributed by atoms with Gasteiger partial charge in [-0.1, -0.05) is 30.3 Å². The summed E-state index contributed by atoms with van der Waals surface area (Å²) in [6.07, 6.45) is 1.57. The third-order valence-corrected chi connectivity index (χ3v) is 2.56. The summed E-state index contributed by atoms with van der Waals surface area (Å²) in [5.41, 5.74) is 0.765. The zero-order valence-electron chi connectivity index (χ0n) is 9.65. The van der Waals surface area contributed by atoms with E-state index < -0.39 is 11.9 Å². The van der Waals surface area contributed by atoms with Gasteiger partial charge in [0.15, 0.2) is 0 Å². The summed E-state index contributed by atoms with van der Waals surface area (Å²) < 4.78 is 0. The highest BCUT2D eigenvalue weighted by Gasteiger charge is 2.19. The second-order valence-electron chi connectivity index (χ2n) is 3.79. The number of aromatic nitrogens is 2. The van der Waals surface area contributed by atoms with E-state index in [4.69, 9.17) is 0 Å². The fraction of sp³-hybridized carbons (Fsp3) is 0.154. The van der Waals surface area contributed by atoms with Gasteiger partial charge in [-0.05, 0) is 17.7 Å². The minimum Gasteiger partial charge on any atom is -0.481 e. The summed E-state index contributed by atoms with van der Waals surface area (Å²) in [7, 11) is 0. The molecular weight excluding hydrogens is 230 g/mol. The summed E-state index contributed by atoms with van der Waals surface area (Å²) >= 11 is 0. The van der Waals surface area contributed by atoms with E-state index >= 15 is 0 Å². The number of hydrogen-bond acceptors (Lipinski definition) is 4. The van der Waals surface area contributed by atoms with E-state index in [0.29, 0.717) is 5.82 Å². The van der Waals surface area contributed by atoms with Gasteiger partial charge in [-0.2, -0.15) is 5.10 Å². The minimum atomic E-state index is -0.863. The summed E-state index contributed by atoms with van der Waals surface area (Å²) in [6, 6.07) is 12.6. The van der Waals surface area contributed by atoms with Crippen molar-refractivity contribution in [1.29, 1.82) is 0 Å². The van der Waals surface area contributed by atoms with Crippen molar-refractivity contribution in [3.8, 4) is 0 Å². The van der Waals surface area contributed by atoms with Crippen LogP contribution in [-0.2, 0) is 4.79 Å². The Balaban J connectivity index is 2.06. The van der Waals surface area contributed by atoms with Gasteiger partial charge in [-0.25, -0.2) is 0 Å². The number of carboxylic acids is 1. The van der Waals surface area contributed by atoms with Gasteiger partial charge in [-0.15, -0.1) is 5.10 Å². The van der Waals surface area contributed by atoms with Crippen LogP contribution in [0.25, 0.3) is 0 Å². The molecule has 0 aliphatic heterocycles. The van der Waals surface area contributed by atoms with Gasteiger partial charge in [0.2, 0.25) is 0 Å². The molecule has 1 atom stereocenters. The Morgan fingerprint density at radius 1 is 1.22 bits per heavy atom. The Labute approximate surface area is 104 Å². The number of carbonyl (C=O) groups is 1. The van der Waals surface area contributed by atoms with Crippen molar-refractivity contribution in [1.82, 2.24) is 10.2 Å². The van der Waals surface area contributed by atoms with E-state index in [9.17, 15) is 9.90 Å². The third kappa shape index (κ3) is 3.04. The highest BCUT2D eigenvalue weighted by molar-refractivity contribution is 5.76. The lowest BCUT2D eigenvalue weighted by Crippen LogP contribution is -2.21. The molecule has 0 saturated carbocycles. The molecule has 0 amide bonds. The van der Waals surface area contributed by atoms with Gasteiger partial charge in [0.1, 0.15) is 5.82 Å². The summed E-state index contributed by atoms with van der Waals surface area (Å²) in [5.74, 6) is -0.898. The number of nitrogens with one attached hydrogen (secondary N) is 1. The number of anilines is 1. The minimum absolute atomic E-state index is 0.276. The van der Waals surface area contributed by atoms with Gasteiger partial charge in [0, 0.05) is 12.7 Å². The third-order valence-electron chi connectivity index (χ3n) is 2.56. The zero-order chi connectivity index (χ0) is 12.8. The van der Waals surface area contributed by atoms with Gasteiger partial charge in [0.05, 0.1) is 5.92 Å². The van der Waals surface area contributed by atoms with Crippen molar-refractivity contribution in [3.05, 3.63) is 54.2 Å². The topological polar surface area (TPSA) is 75.1 Å². The molecule has 0 spiro atoms. The zero-order valence-corrected chi connectivity index (χ0v) is 9.65. The first-order valence-corrected chi connectivity index (χ1v) is 5.56. The fourth-order valence-electron chi connectivity index (χ4n) is 1.64. The van der Waals surface area contributed by atoms with Crippen molar-refractivity contribution >= 4 is 11.8 Å². The molecule has 18 heavy (non-hydrogen) atoms. The van der Waals surface area contributed by atoms with Crippen molar-refractivity contribution in [2.45, 2.75) is 5.92 Å². The second-order valence-corrected chi connectivity index (χ2v) is 3.79. The average molecular weight is 243 g/mol. The molecule has 2 aromatic rings. The summed E-state index contributed by atoms with van der Waals surface area (Å²) in [5, 5.41) is 19.8. The molecule has 0 radical (unpaired) electrons. The van der Waals surface area contributed by atoms with E-state index in [1.807, 2.05) is 18.2 Å². The maximum absolute atomic E-state index is 11.2. The van der Waals surface area contributed by atoms with Crippen molar-refractivity contribution < 1.29 is 9.90 Å². The van der Waals surface area contributed by atoms with Crippen molar-refractivity contribution in [3.63, 3.8) is 0 Å². The predicted molar refractivity (Wildman–Crippen MR) is 67.3 cm³/mol. The van der Waals surface area contributed by atoms with Crippen LogP contribution in [0.15, 0.2) is 48.7 Å². The molecule has 5 heteroatoms.